The van der Waals surface area contributed by atoms with Crippen LogP contribution >= 0.6 is 0 Å². The monoisotopic (exact) mass is 441 g/mol. The number of esters is 1. The summed E-state index contributed by atoms with van der Waals surface area (Å²) >= 11 is -2.55. The minimum absolute atomic E-state index is 0.277. The second-order valence-corrected chi connectivity index (χ2v) is 19.8. The molecule has 0 aliphatic heterocycles. The molecule has 0 bridgehead atoms. The Labute approximate surface area is 152 Å². The summed E-state index contributed by atoms with van der Waals surface area (Å²) in [6.45, 7) is 9.08. The van der Waals surface area contributed by atoms with Crippen LogP contribution in [0.4, 0.5) is 0 Å². The third kappa shape index (κ3) is 6.38. The van der Waals surface area contributed by atoms with E-state index in [0.29, 0.717) is 12.3 Å². The van der Waals surface area contributed by atoms with Gasteiger partial charge < -0.3 is 0 Å². The van der Waals surface area contributed by atoms with Crippen molar-refractivity contribution >= 4 is 28.1 Å². The van der Waals surface area contributed by atoms with Gasteiger partial charge in [0.2, 0.25) is 0 Å². The Morgan fingerprint density at radius 3 is 1.96 bits per heavy atom. The molecule has 136 valence electrons. The molecule has 1 aromatic rings. The van der Waals surface area contributed by atoms with E-state index in [1.54, 1.807) is 6.07 Å². The molecule has 0 aromatic carbocycles. The fourth-order valence-electron chi connectivity index (χ4n) is 3.35. The third-order valence-corrected chi connectivity index (χ3v) is 19.9. The number of ether oxygens (including phenoxy) is 1. The van der Waals surface area contributed by atoms with Crippen LogP contribution in [0.15, 0.2) is 18.2 Å². The van der Waals surface area contributed by atoms with E-state index in [-0.39, 0.29) is 5.97 Å². The molecule has 0 atom stereocenters. The van der Waals surface area contributed by atoms with Gasteiger partial charge in [-0.1, -0.05) is 0 Å². The number of nitrogens with zero attached hydrogens (tertiary/aromatic N) is 1. The Kier molecular flexibility index (Phi) is 10.6. The molecule has 0 fully saturated rings. The van der Waals surface area contributed by atoms with Gasteiger partial charge in [-0.05, 0) is 0 Å². The summed E-state index contributed by atoms with van der Waals surface area (Å²) in [6.07, 6.45) is 7.63. The number of rotatable bonds is 12. The molecule has 1 rings (SSSR count). The molecule has 1 heterocycles. The maximum absolute atomic E-state index is 12.1. The number of pyridine rings is 1. The zero-order chi connectivity index (χ0) is 17.8. The molecule has 0 N–H and O–H groups in total. The fraction of sp³-hybridized carbons (Fsp3) is 0.700. The first-order valence-corrected chi connectivity index (χ1v) is 17.3. The van der Waals surface area contributed by atoms with Crippen molar-refractivity contribution in [2.24, 2.45) is 0 Å². The quantitative estimate of drug-likeness (QED) is 0.327. The summed E-state index contributed by atoms with van der Waals surface area (Å²) in [7, 11) is 0. The molecule has 4 heteroatoms. The predicted molar refractivity (Wildman–Crippen MR) is 105 cm³/mol. The van der Waals surface area contributed by atoms with E-state index >= 15 is 0 Å². The first kappa shape index (κ1) is 21.5. The van der Waals surface area contributed by atoms with Gasteiger partial charge in [0.1, 0.15) is 0 Å². The second kappa shape index (κ2) is 11.9. The Balaban J connectivity index is 3.18. The summed E-state index contributed by atoms with van der Waals surface area (Å²) in [5.74, 6) is -0.277. The third-order valence-electron chi connectivity index (χ3n) is 4.80. The SMILES string of the molecule is CCC[CH2][Sn]([CH2]CCC)([CH2]CCC)[c]1cccc(C(=O)OCC)n1. The van der Waals surface area contributed by atoms with Crippen LogP contribution < -0.4 is 3.71 Å². The van der Waals surface area contributed by atoms with E-state index in [0.717, 1.165) is 0 Å². The van der Waals surface area contributed by atoms with Crippen molar-refractivity contribution in [2.45, 2.75) is 79.5 Å². The molecular weight excluding hydrogens is 405 g/mol. The van der Waals surface area contributed by atoms with Crippen LogP contribution in [0.25, 0.3) is 0 Å². The van der Waals surface area contributed by atoms with Crippen molar-refractivity contribution in [2.75, 3.05) is 6.61 Å². The van der Waals surface area contributed by atoms with E-state index in [9.17, 15) is 4.79 Å². The fourth-order valence-corrected chi connectivity index (χ4v) is 18.8. The van der Waals surface area contributed by atoms with Gasteiger partial charge in [0.05, 0.1) is 0 Å². The number of aromatic nitrogens is 1. The Hall–Kier alpha value is -0.581. The molecule has 0 amide bonds. The van der Waals surface area contributed by atoms with Gasteiger partial charge in [0.25, 0.3) is 0 Å². The Bertz CT molecular complexity index is 469. The van der Waals surface area contributed by atoms with E-state index in [1.165, 1.54) is 55.5 Å². The van der Waals surface area contributed by atoms with Crippen LogP contribution in [-0.4, -0.2) is 35.9 Å². The average Bonchev–Trinajstić information content (AvgIpc) is 2.62. The number of carbonyl (C=O) groups is 1. The summed E-state index contributed by atoms with van der Waals surface area (Å²) in [4.78, 5) is 16.9. The minimum atomic E-state index is -2.55. The van der Waals surface area contributed by atoms with Crippen molar-refractivity contribution in [3.8, 4) is 0 Å². The summed E-state index contributed by atoms with van der Waals surface area (Å²) < 4.78 is 10.6. The molecule has 0 aliphatic rings. The predicted octanol–water partition coefficient (Wildman–Crippen LogP) is 5.31. The molecular formula is C20H35NO2Sn. The molecule has 0 spiro atoms. The van der Waals surface area contributed by atoms with Gasteiger partial charge in [-0.3, -0.25) is 0 Å². The maximum atomic E-state index is 12.1. The Morgan fingerprint density at radius 2 is 1.50 bits per heavy atom. The average molecular weight is 440 g/mol. The van der Waals surface area contributed by atoms with Gasteiger partial charge in [-0.15, -0.1) is 0 Å². The molecule has 0 saturated carbocycles. The van der Waals surface area contributed by atoms with Crippen LogP contribution in [0.2, 0.25) is 13.3 Å². The number of carbonyl (C=O) groups excluding carboxylic acids is 1. The molecule has 0 radical (unpaired) electrons. The van der Waals surface area contributed by atoms with Crippen LogP contribution in [-0.2, 0) is 4.74 Å². The molecule has 24 heavy (non-hydrogen) atoms. The zero-order valence-electron chi connectivity index (χ0n) is 16.1. The normalized spacial score (nSPS) is 11.5. The van der Waals surface area contributed by atoms with Crippen LogP contribution in [0, 0.1) is 0 Å². The summed E-state index contributed by atoms with van der Waals surface area (Å²) in [5.41, 5.74) is 0.500. The number of hydrogen-bond acceptors (Lipinski definition) is 3. The topological polar surface area (TPSA) is 39.2 Å². The van der Waals surface area contributed by atoms with E-state index in [2.05, 4.69) is 26.8 Å². The van der Waals surface area contributed by atoms with Gasteiger partial charge >= 0.3 is 153 Å². The molecule has 0 aliphatic carbocycles. The van der Waals surface area contributed by atoms with E-state index in [1.807, 2.05) is 13.0 Å². The Morgan fingerprint density at radius 1 is 0.958 bits per heavy atom. The molecule has 0 unspecified atom stereocenters. The second-order valence-electron chi connectivity index (χ2n) is 6.72. The van der Waals surface area contributed by atoms with Gasteiger partial charge in [-0.25, -0.2) is 0 Å². The van der Waals surface area contributed by atoms with Crippen molar-refractivity contribution in [1.82, 2.24) is 4.98 Å². The van der Waals surface area contributed by atoms with E-state index < -0.39 is 18.4 Å². The standard InChI is InChI=1S/C8H8NO2.3C4H9.Sn/c1-2-11-8(10)7-5-3-4-6-9-7;3*1-3-4-2;/h3-5H,2H2,1H3;3*1,3-4H2,2H3;. The summed E-state index contributed by atoms with van der Waals surface area (Å²) in [5, 5.41) is 0. The molecule has 0 saturated heterocycles. The number of hydrogen-bond donors (Lipinski definition) is 0. The number of unbranched alkanes of at least 4 members (excludes halogenated alkanes) is 3. The van der Waals surface area contributed by atoms with Crippen LogP contribution in [0.5, 0.6) is 0 Å². The van der Waals surface area contributed by atoms with Crippen molar-refractivity contribution in [1.29, 1.82) is 0 Å². The first-order chi connectivity index (χ1) is 11.6. The van der Waals surface area contributed by atoms with Crippen molar-refractivity contribution in [3.05, 3.63) is 23.9 Å². The molecule has 3 nitrogen and oxygen atoms in total. The first-order valence-electron chi connectivity index (χ1n) is 9.78. The zero-order valence-corrected chi connectivity index (χ0v) is 18.9. The van der Waals surface area contributed by atoms with Crippen molar-refractivity contribution in [3.63, 3.8) is 0 Å². The molecule has 1 aromatic heterocycles. The van der Waals surface area contributed by atoms with E-state index in [4.69, 9.17) is 9.72 Å². The van der Waals surface area contributed by atoms with Crippen LogP contribution in [0.1, 0.15) is 76.7 Å². The van der Waals surface area contributed by atoms with Crippen molar-refractivity contribution < 1.29 is 9.53 Å². The van der Waals surface area contributed by atoms with Gasteiger partial charge in [0, 0.05) is 0 Å². The van der Waals surface area contributed by atoms with Gasteiger partial charge in [0.15, 0.2) is 0 Å². The summed E-state index contributed by atoms with van der Waals surface area (Å²) in [6, 6.07) is 6.03. The van der Waals surface area contributed by atoms with Gasteiger partial charge in [-0.2, -0.15) is 0 Å². The van der Waals surface area contributed by atoms with Crippen LogP contribution in [0.3, 0.4) is 0 Å².